The minimum absolute atomic E-state index is 0.0436. The first-order valence-electron chi connectivity index (χ1n) is 12.1. The second-order valence-corrected chi connectivity index (χ2v) is 9.18. The third-order valence-corrected chi connectivity index (χ3v) is 6.26. The van der Waals surface area contributed by atoms with Gasteiger partial charge in [-0.2, -0.15) is 0 Å². The minimum atomic E-state index is -0.703. The van der Waals surface area contributed by atoms with Crippen molar-refractivity contribution in [1.82, 2.24) is 10.2 Å². The van der Waals surface area contributed by atoms with Gasteiger partial charge in [0.1, 0.15) is 5.75 Å². The summed E-state index contributed by atoms with van der Waals surface area (Å²) in [5.74, 6) is 0.0436. The Morgan fingerprint density at radius 2 is 1.53 bits per heavy atom. The van der Waals surface area contributed by atoms with Gasteiger partial charge in [0.25, 0.3) is 0 Å². The van der Waals surface area contributed by atoms with Crippen LogP contribution in [-0.4, -0.2) is 52.9 Å². The molecular weight excluding hydrogens is 424 g/mol. The van der Waals surface area contributed by atoms with Gasteiger partial charge in [-0.3, -0.25) is 0 Å². The number of benzene rings is 3. The maximum atomic E-state index is 10.5. The molecule has 0 unspecified atom stereocenters. The zero-order valence-corrected chi connectivity index (χ0v) is 20.3. The van der Waals surface area contributed by atoms with Crippen LogP contribution in [0.25, 0.3) is 0 Å². The summed E-state index contributed by atoms with van der Waals surface area (Å²) in [6.07, 6.45) is 2.26. The molecule has 0 aliphatic rings. The molecule has 2 atom stereocenters. The van der Waals surface area contributed by atoms with Crippen LogP contribution in [-0.2, 0) is 25.9 Å². The molecule has 3 aromatic rings. The summed E-state index contributed by atoms with van der Waals surface area (Å²) in [4.78, 5) is 2.39. The van der Waals surface area contributed by atoms with Crippen molar-refractivity contribution in [2.75, 3.05) is 26.7 Å². The van der Waals surface area contributed by atoms with E-state index in [0.29, 0.717) is 17.7 Å². The van der Waals surface area contributed by atoms with E-state index >= 15 is 0 Å². The average molecular weight is 463 g/mol. The predicted octanol–water partition coefficient (Wildman–Crippen LogP) is 3.86. The van der Waals surface area contributed by atoms with Gasteiger partial charge < -0.3 is 25.5 Å². The molecular formula is C29H38N2O3. The fraction of sp³-hybridized carbons (Fsp3) is 0.379. The maximum Gasteiger partial charge on any atom is 0.121 e. The Kier molecular flexibility index (Phi) is 10.1. The van der Waals surface area contributed by atoms with Gasteiger partial charge in [-0.25, -0.2) is 0 Å². The number of aliphatic hydroxyl groups excluding tert-OH is 2. The minimum Gasteiger partial charge on any atom is -0.508 e. The van der Waals surface area contributed by atoms with Crippen LogP contribution < -0.4 is 5.32 Å². The zero-order chi connectivity index (χ0) is 24.3. The molecule has 0 aliphatic heterocycles. The van der Waals surface area contributed by atoms with Crippen LogP contribution in [0.15, 0.2) is 72.8 Å². The van der Waals surface area contributed by atoms with Crippen molar-refractivity contribution in [2.45, 2.75) is 44.9 Å². The van der Waals surface area contributed by atoms with Crippen LogP contribution in [0.3, 0.4) is 0 Å². The number of nitrogens with one attached hydrogen (secondary N) is 1. The van der Waals surface area contributed by atoms with Crippen LogP contribution in [0.1, 0.15) is 40.8 Å². The Balaban J connectivity index is 1.43. The number of phenols is 1. The summed E-state index contributed by atoms with van der Waals surface area (Å²) < 4.78 is 0. The Bertz CT molecular complexity index is 1010. The van der Waals surface area contributed by atoms with E-state index in [0.717, 1.165) is 32.4 Å². The van der Waals surface area contributed by atoms with E-state index in [-0.39, 0.29) is 18.4 Å². The Morgan fingerprint density at radius 1 is 0.853 bits per heavy atom. The number of rotatable bonds is 13. The van der Waals surface area contributed by atoms with Gasteiger partial charge in [-0.1, -0.05) is 60.7 Å². The molecule has 3 aromatic carbocycles. The van der Waals surface area contributed by atoms with Crippen LogP contribution in [0, 0.1) is 0 Å². The number of hydrogen-bond donors (Lipinski definition) is 4. The van der Waals surface area contributed by atoms with Gasteiger partial charge in [0, 0.05) is 31.2 Å². The van der Waals surface area contributed by atoms with Crippen LogP contribution in [0.5, 0.6) is 5.75 Å². The standard InChI is InChI=1S/C29H38N2O3/c1-22(30-20-29(34)26-11-12-28(33)27(19-26)21-32)17-25-10-6-9-24(18-25)14-16-31(2)15-13-23-7-4-3-5-8-23/h3-12,18-19,22,29-30,32-34H,13-17,20-21H2,1-2H3/t22-,29+/m1/s1. The van der Waals surface area contributed by atoms with Crippen molar-refractivity contribution >= 4 is 0 Å². The fourth-order valence-electron chi connectivity index (χ4n) is 4.10. The summed E-state index contributed by atoms with van der Waals surface area (Å²) in [5.41, 5.74) is 5.11. The number of nitrogens with zero attached hydrogens (tertiary/aromatic N) is 1. The Hall–Kier alpha value is -2.70. The molecule has 4 N–H and O–H groups in total. The lowest BCUT2D eigenvalue weighted by Gasteiger charge is -2.19. The van der Waals surface area contributed by atoms with Gasteiger partial charge in [-0.15, -0.1) is 0 Å². The normalized spacial score (nSPS) is 13.2. The van der Waals surface area contributed by atoms with Crippen LogP contribution >= 0.6 is 0 Å². The van der Waals surface area contributed by atoms with E-state index in [1.54, 1.807) is 12.1 Å². The molecule has 0 fully saturated rings. The predicted molar refractivity (Wildman–Crippen MR) is 138 cm³/mol. The van der Waals surface area contributed by atoms with E-state index in [2.05, 4.69) is 78.8 Å². The summed E-state index contributed by atoms with van der Waals surface area (Å²) >= 11 is 0. The van der Waals surface area contributed by atoms with Crippen molar-refractivity contribution in [3.05, 3.63) is 101 Å². The number of aromatic hydroxyl groups is 1. The lowest BCUT2D eigenvalue weighted by Crippen LogP contribution is -2.32. The molecule has 0 bridgehead atoms. The van der Waals surface area contributed by atoms with E-state index < -0.39 is 6.10 Å². The van der Waals surface area contributed by atoms with Gasteiger partial charge in [-0.05, 0) is 67.6 Å². The van der Waals surface area contributed by atoms with Crippen molar-refractivity contribution < 1.29 is 15.3 Å². The SMILES string of the molecule is C[C@H](Cc1cccc(CCN(C)CCc2ccccc2)c1)NC[C@H](O)c1ccc(O)c(CO)c1. The molecule has 3 rings (SSSR count). The molecule has 0 radical (unpaired) electrons. The lowest BCUT2D eigenvalue weighted by atomic mass is 10.0. The number of likely N-dealkylation sites (N-methyl/N-ethyl adjacent to an activating group) is 1. The third kappa shape index (κ3) is 8.26. The van der Waals surface area contributed by atoms with E-state index in [1.165, 1.54) is 22.8 Å². The Morgan fingerprint density at radius 3 is 2.26 bits per heavy atom. The largest absolute Gasteiger partial charge is 0.508 e. The van der Waals surface area contributed by atoms with Crippen molar-refractivity contribution in [3.63, 3.8) is 0 Å². The van der Waals surface area contributed by atoms with Gasteiger partial charge >= 0.3 is 0 Å². The van der Waals surface area contributed by atoms with Gasteiger partial charge in [0.05, 0.1) is 12.7 Å². The topological polar surface area (TPSA) is 76.0 Å². The second kappa shape index (κ2) is 13.3. The molecule has 34 heavy (non-hydrogen) atoms. The maximum absolute atomic E-state index is 10.5. The van der Waals surface area contributed by atoms with Gasteiger partial charge in [0.15, 0.2) is 0 Å². The highest BCUT2D eigenvalue weighted by molar-refractivity contribution is 5.36. The molecule has 0 amide bonds. The summed E-state index contributed by atoms with van der Waals surface area (Å²) in [7, 11) is 2.18. The molecule has 5 nitrogen and oxygen atoms in total. The molecule has 0 saturated heterocycles. The van der Waals surface area contributed by atoms with E-state index in [1.807, 2.05) is 0 Å². The Labute approximate surface area is 203 Å². The highest BCUT2D eigenvalue weighted by atomic mass is 16.3. The first-order chi connectivity index (χ1) is 16.4. The summed E-state index contributed by atoms with van der Waals surface area (Å²) in [6, 6.07) is 24.4. The highest BCUT2D eigenvalue weighted by Crippen LogP contribution is 2.22. The van der Waals surface area contributed by atoms with Crippen molar-refractivity contribution in [3.8, 4) is 5.75 Å². The number of hydrogen-bond acceptors (Lipinski definition) is 5. The molecule has 0 saturated carbocycles. The zero-order valence-electron chi connectivity index (χ0n) is 20.3. The highest BCUT2D eigenvalue weighted by Gasteiger charge is 2.12. The molecule has 0 aliphatic carbocycles. The van der Waals surface area contributed by atoms with Crippen molar-refractivity contribution in [1.29, 1.82) is 0 Å². The molecule has 0 heterocycles. The monoisotopic (exact) mass is 462 g/mol. The second-order valence-electron chi connectivity index (χ2n) is 9.18. The van der Waals surface area contributed by atoms with Crippen LogP contribution in [0.2, 0.25) is 0 Å². The van der Waals surface area contributed by atoms with Crippen LogP contribution in [0.4, 0.5) is 0 Å². The average Bonchev–Trinajstić information content (AvgIpc) is 2.86. The summed E-state index contributed by atoms with van der Waals surface area (Å²) in [5, 5.41) is 32.9. The van der Waals surface area contributed by atoms with Gasteiger partial charge in [0.2, 0.25) is 0 Å². The molecule has 0 aromatic heterocycles. The first-order valence-corrected chi connectivity index (χ1v) is 12.1. The smallest absolute Gasteiger partial charge is 0.121 e. The molecule has 5 heteroatoms. The fourth-order valence-corrected chi connectivity index (χ4v) is 4.10. The summed E-state index contributed by atoms with van der Waals surface area (Å²) in [6.45, 7) is 4.34. The quantitative estimate of drug-likeness (QED) is 0.310. The lowest BCUT2D eigenvalue weighted by molar-refractivity contribution is 0.170. The van der Waals surface area contributed by atoms with Crippen molar-refractivity contribution in [2.24, 2.45) is 0 Å². The van der Waals surface area contributed by atoms with E-state index in [4.69, 9.17) is 0 Å². The molecule has 0 spiro atoms. The first kappa shape index (κ1) is 25.9. The molecule has 182 valence electrons. The number of aliphatic hydroxyl groups is 2. The third-order valence-electron chi connectivity index (χ3n) is 6.26. The van der Waals surface area contributed by atoms with E-state index in [9.17, 15) is 15.3 Å².